The molecule has 0 aliphatic rings. The predicted molar refractivity (Wildman–Crippen MR) is 66.3 cm³/mol. The Bertz CT molecular complexity index is 459. The van der Waals surface area contributed by atoms with Crippen molar-refractivity contribution in [3.63, 3.8) is 0 Å². The molecule has 1 nitrogen and oxygen atoms in total. The summed E-state index contributed by atoms with van der Waals surface area (Å²) < 4.78 is 0. The first kappa shape index (κ1) is 10.4. The third-order valence-electron chi connectivity index (χ3n) is 2.63. The van der Waals surface area contributed by atoms with Gasteiger partial charge in [-0.25, -0.2) is 0 Å². The fourth-order valence-electron chi connectivity index (χ4n) is 1.73. The summed E-state index contributed by atoms with van der Waals surface area (Å²) in [6.45, 7) is 4.21. The molecule has 1 atom stereocenters. The molecule has 0 saturated carbocycles. The maximum absolute atomic E-state index is 6.24. The molecule has 2 N–H and O–H groups in total. The highest BCUT2D eigenvalue weighted by molar-refractivity contribution is 7.08. The second-order valence-corrected chi connectivity index (χ2v) is 4.65. The van der Waals surface area contributed by atoms with Crippen molar-refractivity contribution < 1.29 is 0 Å². The molecule has 0 saturated heterocycles. The van der Waals surface area contributed by atoms with Gasteiger partial charge in [0.25, 0.3) is 0 Å². The van der Waals surface area contributed by atoms with Crippen LogP contribution in [0.15, 0.2) is 35.0 Å². The summed E-state index contributed by atoms with van der Waals surface area (Å²) in [5.74, 6) is 0. The van der Waals surface area contributed by atoms with Crippen molar-refractivity contribution in [2.75, 3.05) is 0 Å². The predicted octanol–water partition coefficient (Wildman–Crippen LogP) is 3.41. The van der Waals surface area contributed by atoms with Crippen molar-refractivity contribution in [1.82, 2.24) is 0 Å². The van der Waals surface area contributed by atoms with Gasteiger partial charge >= 0.3 is 0 Å². The van der Waals surface area contributed by atoms with E-state index in [4.69, 9.17) is 5.73 Å². The molecule has 0 bridgehead atoms. The first-order valence-corrected chi connectivity index (χ1v) is 5.97. The zero-order valence-corrected chi connectivity index (χ0v) is 9.84. The number of hydrogen-bond acceptors (Lipinski definition) is 2. The summed E-state index contributed by atoms with van der Waals surface area (Å²) in [5, 5.41) is 4.29. The van der Waals surface area contributed by atoms with E-state index in [1.54, 1.807) is 11.3 Å². The van der Waals surface area contributed by atoms with Gasteiger partial charge in [0.2, 0.25) is 0 Å². The third kappa shape index (κ3) is 2.11. The lowest BCUT2D eigenvalue weighted by Gasteiger charge is -2.12. The zero-order valence-electron chi connectivity index (χ0n) is 9.03. The normalized spacial score (nSPS) is 12.7. The molecule has 0 amide bonds. The van der Waals surface area contributed by atoms with Crippen LogP contribution in [0.25, 0.3) is 0 Å². The fraction of sp³-hybridized carbons (Fsp3) is 0.231. The van der Waals surface area contributed by atoms with Crippen molar-refractivity contribution in [2.45, 2.75) is 19.9 Å². The van der Waals surface area contributed by atoms with Crippen LogP contribution in [-0.4, -0.2) is 0 Å². The van der Waals surface area contributed by atoms with E-state index in [0.29, 0.717) is 0 Å². The maximum Gasteiger partial charge on any atom is 0.0562 e. The number of nitrogens with two attached hydrogens (primary N) is 1. The highest BCUT2D eigenvalue weighted by atomic mass is 32.1. The molecule has 1 aromatic heterocycles. The molecule has 78 valence electrons. The van der Waals surface area contributed by atoms with Crippen LogP contribution >= 0.6 is 11.3 Å². The molecular weight excluding hydrogens is 202 g/mol. The third-order valence-corrected chi connectivity index (χ3v) is 3.51. The van der Waals surface area contributed by atoms with Crippen molar-refractivity contribution >= 4 is 11.3 Å². The first-order chi connectivity index (χ1) is 7.18. The van der Waals surface area contributed by atoms with Crippen LogP contribution in [0.2, 0.25) is 0 Å². The largest absolute Gasteiger partial charge is 0.320 e. The Balaban J connectivity index is 2.36. The van der Waals surface area contributed by atoms with Crippen LogP contribution in [0.1, 0.15) is 28.3 Å². The lowest BCUT2D eigenvalue weighted by molar-refractivity contribution is 0.866. The number of thiophene rings is 1. The summed E-state index contributed by atoms with van der Waals surface area (Å²) in [5.41, 5.74) is 11.2. The SMILES string of the molecule is Cc1cccc(C(N)c2cscc2C)c1. The smallest absolute Gasteiger partial charge is 0.0562 e. The molecule has 2 heteroatoms. The van der Waals surface area contributed by atoms with Crippen LogP contribution in [0.5, 0.6) is 0 Å². The molecule has 15 heavy (non-hydrogen) atoms. The summed E-state index contributed by atoms with van der Waals surface area (Å²) in [6.07, 6.45) is 0. The zero-order chi connectivity index (χ0) is 10.8. The number of benzene rings is 1. The van der Waals surface area contributed by atoms with Crippen LogP contribution in [0.3, 0.4) is 0 Å². The molecule has 1 aromatic carbocycles. The molecule has 2 aromatic rings. The summed E-state index contributed by atoms with van der Waals surface area (Å²) in [4.78, 5) is 0. The van der Waals surface area contributed by atoms with E-state index in [0.717, 1.165) is 0 Å². The van der Waals surface area contributed by atoms with Gasteiger partial charge in [-0.15, -0.1) is 0 Å². The van der Waals surface area contributed by atoms with Crippen molar-refractivity contribution in [2.24, 2.45) is 5.73 Å². The summed E-state index contributed by atoms with van der Waals surface area (Å²) in [6, 6.07) is 8.41. The van der Waals surface area contributed by atoms with Gasteiger partial charge in [0.15, 0.2) is 0 Å². The van der Waals surface area contributed by atoms with Crippen LogP contribution in [0.4, 0.5) is 0 Å². The second-order valence-electron chi connectivity index (χ2n) is 3.90. The number of rotatable bonds is 2. The molecule has 1 unspecified atom stereocenters. The first-order valence-electron chi connectivity index (χ1n) is 5.03. The highest BCUT2D eigenvalue weighted by Crippen LogP contribution is 2.25. The standard InChI is InChI=1S/C13H15NS/c1-9-4-3-5-11(6-9)13(14)12-8-15-7-10(12)2/h3-8,13H,14H2,1-2H3. The summed E-state index contributed by atoms with van der Waals surface area (Å²) in [7, 11) is 0. The highest BCUT2D eigenvalue weighted by Gasteiger charge is 2.11. The number of hydrogen-bond donors (Lipinski definition) is 1. The van der Waals surface area contributed by atoms with Crippen LogP contribution in [0, 0.1) is 13.8 Å². The maximum atomic E-state index is 6.24. The van der Waals surface area contributed by atoms with E-state index in [1.165, 1.54) is 22.3 Å². The monoisotopic (exact) mass is 217 g/mol. The van der Waals surface area contributed by atoms with Crippen molar-refractivity contribution in [3.8, 4) is 0 Å². The van der Waals surface area contributed by atoms with Gasteiger partial charge in [-0.05, 0) is 41.3 Å². The average molecular weight is 217 g/mol. The van der Waals surface area contributed by atoms with E-state index in [1.807, 2.05) is 0 Å². The molecule has 0 spiro atoms. The Morgan fingerprint density at radius 1 is 1.20 bits per heavy atom. The van der Waals surface area contributed by atoms with Gasteiger partial charge in [0.1, 0.15) is 0 Å². The molecule has 1 heterocycles. The molecule has 0 aliphatic heterocycles. The van der Waals surface area contributed by atoms with Crippen molar-refractivity contribution in [1.29, 1.82) is 0 Å². The number of aryl methyl sites for hydroxylation is 2. The van der Waals surface area contributed by atoms with Crippen LogP contribution in [-0.2, 0) is 0 Å². The van der Waals surface area contributed by atoms with E-state index < -0.39 is 0 Å². The minimum Gasteiger partial charge on any atom is -0.320 e. The minimum absolute atomic E-state index is 0.0103. The topological polar surface area (TPSA) is 26.0 Å². The van der Waals surface area contributed by atoms with Gasteiger partial charge in [-0.3, -0.25) is 0 Å². The Morgan fingerprint density at radius 3 is 2.60 bits per heavy atom. The quantitative estimate of drug-likeness (QED) is 0.819. The van der Waals surface area contributed by atoms with Gasteiger partial charge in [0.05, 0.1) is 6.04 Å². The Labute approximate surface area is 94.6 Å². The summed E-state index contributed by atoms with van der Waals surface area (Å²) >= 11 is 1.71. The van der Waals surface area contributed by atoms with Crippen molar-refractivity contribution in [3.05, 3.63) is 57.3 Å². The Hall–Kier alpha value is -1.12. The van der Waals surface area contributed by atoms with E-state index in [-0.39, 0.29) is 6.04 Å². The van der Waals surface area contributed by atoms with Gasteiger partial charge < -0.3 is 5.73 Å². The van der Waals surface area contributed by atoms with Gasteiger partial charge in [-0.2, -0.15) is 11.3 Å². The van der Waals surface area contributed by atoms with E-state index in [9.17, 15) is 0 Å². The minimum atomic E-state index is 0.0103. The Morgan fingerprint density at radius 2 is 2.00 bits per heavy atom. The molecular formula is C13H15NS. The molecule has 0 radical (unpaired) electrons. The molecule has 0 aliphatic carbocycles. The van der Waals surface area contributed by atoms with Gasteiger partial charge in [-0.1, -0.05) is 29.8 Å². The average Bonchev–Trinajstić information content (AvgIpc) is 2.63. The van der Waals surface area contributed by atoms with E-state index in [2.05, 4.69) is 48.9 Å². The van der Waals surface area contributed by atoms with E-state index >= 15 is 0 Å². The fourth-order valence-corrected chi connectivity index (χ4v) is 2.62. The second kappa shape index (κ2) is 4.17. The lowest BCUT2D eigenvalue weighted by Crippen LogP contribution is -2.12. The van der Waals surface area contributed by atoms with Crippen LogP contribution < -0.4 is 5.73 Å². The lowest BCUT2D eigenvalue weighted by atomic mass is 9.98. The molecule has 2 rings (SSSR count). The van der Waals surface area contributed by atoms with Gasteiger partial charge in [0, 0.05) is 0 Å². The molecule has 0 fully saturated rings. The Kier molecular flexibility index (Phi) is 2.89.